The second-order valence-electron chi connectivity index (χ2n) is 4.15. The first-order valence-corrected chi connectivity index (χ1v) is 8.51. The maximum atomic E-state index is 11.2. The van der Waals surface area contributed by atoms with Crippen molar-refractivity contribution >= 4 is 20.2 Å². The standard InChI is InChI=1S/C12H10O8S2/c13-8-1-6-11(12(7-8)22(17,18)19)20-9-2-4-10(5-3-9)21(14,15)16/h1-7,13H,(H,14,15,16)(H,17,18,19). The number of aromatic hydroxyl groups is 1. The Hall–Kier alpha value is -2.14. The number of phenolic OH excluding ortho intramolecular Hbond substituents is 1. The molecule has 8 nitrogen and oxygen atoms in total. The van der Waals surface area contributed by atoms with Crippen molar-refractivity contribution in [1.82, 2.24) is 0 Å². The topological polar surface area (TPSA) is 138 Å². The number of benzene rings is 2. The normalized spacial score (nSPS) is 12.1. The Kier molecular flexibility index (Phi) is 4.11. The van der Waals surface area contributed by atoms with Crippen molar-refractivity contribution in [1.29, 1.82) is 0 Å². The zero-order valence-corrected chi connectivity index (χ0v) is 12.4. The number of ether oxygens (including phenoxy) is 1. The van der Waals surface area contributed by atoms with E-state index in [1.54, 1.807) is 0 Å². The Balaban J connectivity index is 2.40. The Morgan fingerprint density at radius 1 is 0.818 bits per heavy atom. The van der Waals surface area contributed by atoms with Crippen molar-refractivity contribution in [2.45, 2.75) is 9.79 Å². The maximum Gasteiger partial charge on any atom is 0.298 e. The largest absolute Gasteiger partial charge is 0.508 e. The molecule has 0 aliphatic rings. The van der Waals surface area contributed by atoms with Gasteiger partial charge in [-0.2, -0.15) is 16.8 Å². The Morgan fingerprint density at radius 3 is 1.91 bits per heavy atom. The van der Waals surface area contributed by atoms with Crippen molar-refractivity contribution in [2.75, 3.05) is 0 Å². The van der Waals surface area contributed by atoms with Crippen LogP contribution in [0.2, 0.25) is 0 Å². The van der Waals surface area contributed by atoms with E-state index in [1.807, 2.05) is 0 Å². The minimum absolute atomic E-state index is 0.0583. The van der Waals surface area contributed by atoms with Gasteiger partial charge in [0.05, 0.1) is 4.90 Å². The predicted octanol–water partition coefficient (Wildman–Crippen LogP) is 1.68. The molecule has 0 aliphatic heterocycles. The average Bonchev–Trinajstić information content (AvgIpc) is 2.39. The summed E-state index contributed by atoms with van der Waals surface area (Å²) in [5.41, 5.74) is 0. The van der Waals surface area contributed by atoms with Gasteiger partial charge in [-0.15, -0.1) is 0 Å². The summed E-state index contributed by atoms with van der Waals surface area (Å²) in [7, 11) is -8.98. The van der Waals surface area contributed by atoms with E-state index < -0.39 is 25.1 Å². The van der Waals surface area contributed by atoms with E-state index in [1.165, 1.54) is 12.1 Å². The molecule has 118 valence electrons. The fraction of sp³-hybridized carbons (Fsp3) is 0. The minimum atomic E-state index is -4.63. The molecule has 0 unspecified atom stereocenters. The van der Waals surface area contributed by atoms with E-state index in [-0.39, 0.29) is 22.1 Å². The van der Waals surface area contributed by atoms with Crippen molar-refractivity contribution in [3.8, 4) is 17.2 Å². The highest BCUT2D eigenvalue weighted by Gasteiger charge is 2.18. The Morgan fingerprint density at radius 2 is 1.41 bits per heavy atom. The number of phenols is 1. The van der Waals surface area contributed by atoms with Crippen LogP contribution in [0, 0.1) is 0 Å². The summed E-state index contributed by atoms with van der Waals surface area (Å²) in [6.45, 7) is 0. The summed E-state index contributed by atoms with van der Waals surface area (Å²) in [4.78, 5) is -1.01. The third-order valence-corrected chi connectivity index (χ3v) is 4.30. The summed E-state index contributed by atoms with van der Waals surface area (Å²) in [6.07, 6.45) is 0. The molecule has 0 aromatic heterocycles. The van der Waals surface area contributed by atoms with Crippen LogP contribution in [0.25, 0.3) is 0 Å². The van der Waals surface area contributed by atoms with E-state index in [0.717, 1.165) is 30.3 Å². The van der Waals surface area contributed by atoms with E-state index in [9.17, 15) is 21.9 Å². The molecule has 22 heavy (non-hydrogen) atoms. The molecule has 0 spiro atoms. The van der Waals surface area contributed by atoms with E-state index in [4.69, 9.17) is 13.8 Å². The third kappa shape index (κ3) is 3.74. The molecule has 0 heterocycles. The summed E-state index contributed by atoms with van der Waals surface area (Å²) in [6, 6.07) is 7.55. The smallest absolute Gasteiger partial charge is 0.298 e. The van der Waals surface area contributed by atoms with Gasteiger partial charge in [0.15, 0.2) is 0 Å². The summed E-state index contributed by atoms with van der Waals surface area (Å²) >= 11 is 0. The molecule has 0 saturated carbocycles. The first kappa shape index (κ1) is 16.2. The van der Waals surface area contributed by atoms with Gasteiger partial charge in [0.1, 0.15) is 22.1 Å². The number of rotatable bonds is 4. The van der Waals surface area contributed by atoms with Crippen LogP contribution in [0.1, 0.15) is 0 Å². The molecule has 0 aliphatic carbocycles. The molecule has 10 heteroatoms. The fourth-order valence-corrected chi connectivity index (χ4v) is 2.70. The molecular formula is C12H10O8S2. The zero-order valence-electron chi connectivity index (χ0n) is 10.7. The second kappa shape index (κ2) is 5.57. The Labute approximate surface area is 126 Å². The predicted molar refractivity (Wildman–Crippen MR) is 74.3 cm³/mol. The van der Waals surface area contributed by atoms with E-state index in [0.29, 0.717) is 0 Å². The molecule has 0 amide bonds. The monoisotopic (exact) mass is 346 g/mol. The van der Waals surface area contributed by atoms with Crippen molar-refractivity contribution in [3.05, 3.63) is 42.5 Å². The lowest BCUT2D eigenvalue weighted by Crippen LogP contribution is -2.01. The van der Waals surface area contributed by atoms with Gasteiger partial charge in [0.2, 0.25) is 0 Å². The van der Waals surface area contributed by atoms with Gasteiger partial charge in [-0.1, -0.05) is 0 Å². The highest BCUT2D eigenvalue weighted by molar-refractivity contribution is 7.86. The molecule has 2 aromatic rings. The van der Waals surface area contributed by atoms with Crippen LogP contribution in [0.4, 0.5) is 0 Å². The lowest BCUT2D eigenvalue weighted by Gasteiger charge is -2.10. The molecule has 2 rings (SSSR count). The number of hydrogen-bond acceptors (Lipinski definition) is 6. The zero-order chi connectivity index (χ0) is 16.5. The molecule has 0 radical (unpaired) electrons. The average molecular weight is 346 g/mol. The van der Waals surface area contributed by atoms with E-state index in [2.05, 4.69) is 0 Å². The Bertz CT molecular complexity index is 899. The van der Waals surface area contributed by atoms with Gasteiger partial charge in [-0.05, 0) is 36.4 Å². The first-order chi connectivity index (χ1) is 10.1. The van der Waals surface area contributed by atoms with Crippen molar-refractivity contribution < 1.29 is 35.8 Å². The van der Waals surface area contributed by atoms with Crippen LogP contribution >= 0.6 is 0 Å². The lowest BCUT2D eigenvalue weighted by atomic mass is 10.3. The van der Waals surface area contributed by atoms with Gasteiger partial charge in [-0.3, -0.25) is 9.11 Å². The molecule has 0 saturated heterocycles. The summed E-state index contributed by atoms with van der Waals surface area (Å²) in [5.74, 6) is -0.593. The van der Waals surface area contributed by atoms with Gasteiger partial charge >= 0.3 is 0 Å². The molecule has 0 fully saturated rings. The van der Waals surface area contributed by atoms with Crippen LogP contribution < -0.4 is 4.74 Å². The SMILES string of the molecule is O=S(=O)(O)c1ccc(Oc2ccc(O)cc2S(=O)(=O)O)cc1. The summed E-state index contributed by atoms with van der Waals surface area (Å²) in [5, 5.41) is 9.27. The number of hydrogen-bond donors (Lipinski definition) is 3. The highest BCUT2D eigenvalue weighted by atomic mass is 32.2. The lowest BCUT2D eigenvalue weighted by molar-refractivity contribution is 0.439. The third-order valence-electron chi connectivity index (χ3n) is 2.55. The quantitative estimate of drug-likeness (QED) is 0.711. The second-order valence-corrected chi connectivity index (χ2v) is 6.97. The van der Waals surface area contributed by atoms with Gasteiger partial charge in [0, 0.05) is 6.07 Å². The minimum Gasteiger partial charge on any atom is -0.508 e. The van der Waals surface area contributed by atoms with Crippen molar-refractivity contribution in [3.63, 3.8) is 0 Å². The summed E-state index contributed by atoms with van der Waals surface area (Å²) < 4.78 is 67.4. The van der Waals surface area contributed by atoms with Crippen LogP contribution in [-0.4, -0.2) is 31.0 Å². The highest BCUT2D eigenvalue weighted by Crippen LogP contribution is 2.31. The fourth-order valence-electron chi connectivity index (χ4n) is 1.59. The molecule has 3 N–H and O–H groups in total. The van der Waals surface area contributed by atoms with Crippen LogP contribution in [0.5, 0.6) is 17.2 Å². The molecule has 2 aromatic carbocycles. The van der Waals surface area contributed by atoms with Crippen LogP contribution in [0.15, 0.2) is 52.3 Å². The molecular weight excluding hydrogens is 336 g/mol. The van der Waals surface area contributed by atoms with Gasteiger partial charge < -0.3 is 9.84 Å². The molecule has 0 bridgehead atoms. The van der Waals surface area contributed by atoms with Crippen LogP contribution in [-0.2, 0) is 20.2 Å². The van der Waals surface area contributed by atoms with E-state index >= 15 is 0 Å². The van der Waals surface area contributed by atoms with Crippen LogP contribution in [0.3, 0.4) is 0 Å². The molecule has 0 atom stereocenters. The first-order valence-electron chi connectivity index (χ1n) is 5.63. The van der Waals surface area contributed by atoms with Gasteiger partial charge in [0.25, 0.3) is 20.2 Å². The van der Waals surface area contributed by atoms with Crippen molar-refractivity contribution in [2.24, 2.45) is 0 Å². The maximum absolute atomic E-state index is 11.2. The van der Waals surface area contributed by atoms with Gasteiger partial charge in [-0.25, -0.2) is 0 Å².